The Kier molecular flexibility index (Phi) is 4.38. The zero-order valence-corrected chi connectivity index (χ0v) is 15.0. The van der Waals surface area contributed by atoms with Crippen molar-refractivity contribution in [2.24, 2.45) is 5.10 Å². The van der Waals surface area contributed by atoms with Gasteiger partial charge in [-0.1, -0.05) is 0 Å². The van der Waals surface area contributed by atoms with Gasteiger partial charge in [0.25, 0.3) is 5.91 Å². The summed E-state index contributed by atoms with van der Waals surface area (Å²) in [6.45, 7) is 5.16. The molecule has 26 heavy (non-hydrogen) atoms. The van der Waals surface area contributed by atoms with Gasteiger partial charge in [-0.25, -0.2) is 5.43 Å². The highest BCUT2D eigenvalue weighted by molar-refractivity contribution is 6.33. The van der Waals surface area contributed by atoms with Gasteiger partial charge in [-0.2, -0.15) is 15.3 Å². The van der Waals surface area contributed by atoms with Crippen LogP contribution in [0.5, 0.6) is 0 Å². The van der Waals surface area contributed by atoms with Crippen molar-refractivity contribution in [3.8, 4) is 0 Å². The lowest BCUT2D eigenvalue weighted by molar-refractivity contribution is -0.116. The first-order chi connectivity index (χ1) is 12.6. The van der Waals surface area contributed by atoms with E-state index in [1.165, 1.54) is 24.0 Å². The van der Waals surface area contributed by atoms with E-state index in [1.807, 2.05) is 6.08 Å². The second-order valence-electron chi connectivity index (χ2n) is 6.84. The van der Waals surface area contributed by atoms with Crippen molar-refractivity contribution in [3.05, 3.63) is 52.1 Å². The number of carbonyl (C=O) groups is 1. The molecule has 0 spiro atoms. The smallest absolute Gasteiger partial charge is 0.273 e. The van der Waals surface area contributed by atoms with Crippen LogP contribution in [0.15, 0.2) is 29.1 Å². The third-order valence-corrected chi connectivity index (χ3v) is 4.93. The number of nitrogens with one attached hydrogen (secondary N) is 3. The van der Waals surface area contributed by atoms with Crippen molar-refractivity contribution in [2.75, 3.05) is 6.54 Å². The Morgan fingerprint density at radius 1 is 1.31 bits per heavy atom. The van der Waals surface area contributed by atoms with Crippen molar-refractivity contribution < 1.29 is 4.79 Å². The molecule has 1 amide bonds. The molecule has 0 bridgehead atoms. The lowest BCUT2D eigenvalue weighted by Crippen LogP contribution is -2.19. The van der Waals surface area contributed by atoms with Crippen molar-refractivity contribution in [2.45, 2.75) is 39.2 Å². The number of carbonyl (C=O) groups excluding carboxylic acids is 1. The summed E-state index contributed by atoms with van der Waals surface area (Å²) in [5.74, 6) is -0.208. The molecule has 2 aromatic rings. The summed E-state index contributed by atoms with van der Waals surface area (Å²) in [7, 11) is 0. The highest BCUT2D eigenvalue weighted by atomic mass is 16.2. The van der Waals surface area contributed by atoms with Crippen LogP contribution in [0.1, 0.15) is 40.9 Å². The lowest BCUT2D eigenvalue weighted by Gasteiger charge is -2.04. The Morgan fingerprint density at radius 3 is 2.88 bits per heavy atom. The van der Waals surface area contributed by atoms with Gasteiger partial charge in [0.2, 0.25) is 0 Å². The standard InChI is InChI=1S/C19H22N6O/c1-11-15(6-7-20-14-3-4-14)12(2)23-17(11)9-16-18(24-25-19(16)26)13-5-8-21-22-10-13/h5,8-10,14,20,23H,3-4,6-7H2,1-2H3,(H,25,26)/b16-9+. The number of amides is 1. The Morgan fingerprint density at radius 2 is 2.15 bits per heavy atom. The monoisotopic (exact) mass is 350 g/mol. The Bertz CT molecular complexity index is 892. The van der Waals surface area contributed by atoms with E-state index in [0.717, 1.165) is 29.9 Å². The SMILES string of the molecule is Cc1[nH]c(/C=C2/C(=O)NN=C2c2ccnnc2)c(C)c1CCNC1CC1. The van der Waals surface area contributed by atoms with Crippen LogP contribution in [-0.2, 0) is 11.2 Å². The Hall–Kier alpha value is -2.80. The number of H-pyrrole nitrogens is 1. The van der Waals surface area contributed by atoms with E-state index in [4.69, 9.17) is 0 Å². The van der Waals surface area contributed by atoms with Crippen LogP contribution in [0, 0.1) is 13.8 Å². The van der Waals surface area contributed by atoms with Gasteiger partial charge in [0.15, 0.2) is 0 Å². The first-order valence-electron chi connectivity index (χ1n) is 8.92. The average molecular weight is 350 g/mol. The predicted octanol–water partition coefficient (Wildman–Crippen LogP) is 1.63. The molecule has 4 rings (SSSR count). The van der Waals surface area contributed by atoms with E-state index in [-0.39, 0.29) is 5.91 Å². The molecule has 1 aliphatic carbocycles. The molecule has 7 heteroatoms. The van der Waals surface area contributed by atoms with Gasteiger partial charge >= 0.3 is 0 Å². The number of rotatable bonds is 6. The fourth-order valence-corrected chi connectivity index (χ4v) is 3.29. The van der Waals surface area contributed by atoms with E-state index in [9.17, 15) is 4.79 Å². The third kappa shape index (κ3) is 3.30. The fourth-order valence-electron chi connectivity index (χ4n) is 3.29. The maximum absolute atomic E-state index is 12.3. The number of aromatic nitrogens is 3. The van der Waals surface area contributed by atoms with Gasteiger partial charge < -0.3 is 10.3 Å². The largest absolute Gasteiger partial charge is 0.359 e. The summed E-state index contributed by atoms with van der Waals surface area (Å²) in [6, 6.07) is 2.51. The molecule has 134 valence electrons. The number of hydrogen-bond acceptors (Lipinski definition) is 5. The summed E-state index contributed by atoms with van der Waals surface area (Å²) < 4.78 is 0. The van der Waals surface area contributed by atoms with E-state index in [2.05, 4.69) is 44.9 Å². The van der Waals surface area contributed by atoms with Crippen LogP contribution in [0.4, 0.5) is 0 Å². The van der Waals surface area contributed by atoms with Gasteiger partial charge in [0.1, 0.15) is 5.71 Å². The van der Waals surface area contributed by atoms with Gasteiger partial charge in [0, 0.05) is 23.0 Å². The molecule has 2 aromatic heterocycles. The molecule has 1 aliphatic heterocycles. The van der Waals surface area contributed by atoms with E-state index >= 15 is 0 Å². The summed E-state index contributed by atoms with van der Waals surface area (Å²) in [4.78, 5) is 15.7. The maximum Gasteiger partial charge on any atom is 0.273 e. The second kappa shape index (κ2) is 6.84. The summed E-state index contributed by atoms with van der Waals surface area (Å²) >= 11 is 0. The molecule has 7 nitrogen and oxygen atoms in total. The highest BCUT2D eigenvalue weighted by Gasteiger charge is 2.25. The van der Waals surface area contributed by atoms with Crippen LogP contribution >= 0.6 is 0 Å². The molecule has 3 heterocycles. The fraction of sp³-hybridized carbons (Fsp3) is 0.368. The molecule has 1 saturated carbocycles. The topological polar surface area (TPSA) is 95.1 Å². The molecule has 1 fully saturated rings. The minimum absolute atomic E-state index is 0.208. The van der Waals surface area contributed by atoms with E-state index < -0.39 is 0 Å². The quantitative estimate of drug-likeness (QED) is 0.690. The third-order valence-electron chi connectivity index (χ3n) is 4.93. The zero-order chi connectivity index (χ0) is 18.1. The Balaban J connectivity index is 1.60. The molecule has 0 radical (unpaired) electrons. The van der Waals surface area contributed by atoms with Gasteiger partial charge in [-0.3, -0.25) is 4.79 Å². The van der Waals surface area contributed by atoms with Crippen LogP contribution in [-0.4, -0.2) is 39.4 Å². The van der Waals surface area contributed by atoms with Gasteiger partial charge in [-0.15, -0.1) is 0 Å². The second-order valence-corrected chi connectivity index (χ2v) is 6.84. The molecule has 3 N–H and O–H groups in total. The number of aryl methyl sites for hydroxylation is 1. The summed E-state index contributed by atoms with van der Waals surface area (Å²) in [5.41, 5.74) is 9.02. The molecular formula is C19H22N6O. The number of hydrazone groups is 1. The highest BCUT2D eigenvalue weighted by Crippen LogP contribution is 2.24. The summed E-state index contributed by atoms with van der Waals surface area (Å²) in [6.07, 6.45) is 8.64. The van der Waals surface area contributed by atoms with Crippen molar-refractivity contribution in [3.63, 3.8) is 0 Å². The van der Waals surface area contributed by atoms with E-state index in [1.54, 1.807) is 18.5 Å². The molecule has 0 unspecified atom stereocenters. The van der Waals surface area contributed by atoms with Gasteiger partial charge in [-0.05, 0) is 62.9 Å². The van der Waals surface area contributed by atoms with Crippen LogP contribution in [0.3, 0.4) is 0 Å². The number of aromatic amines is 1. The lowest BCUT2D eigenvalue weighted by atomic mass is 10.0. The number of hydrogen-bond donors (Lipinski definition) is 3. The van der Waals surface area contributed by atoms with Crippen LogP contribution < -0.4 is 10.7 Å². The van der Waals surface area contributed by atoms with Crippen molar-refractivity contribution >= 4 is 17.7 Å². The van der Waals surface area contributed by atoms with Crippen molar-refractivity contribution in [1.82, 2.24) is 25.9 Å². The average Bonchev–Trinajstić information content (AvgIpc) is 3.35. The zero-order valence-electron chi connectivity index (χ0n) is 15.0. The maximum atomic E-state index is 12.3. The molecule has 0 atom stereocenters. The summed E-state index contributed by atoms with van der Waals surface area (Å²) in [5, 5.41) is 15.4. The molecule has 0 aromatic carbocycles. The van der Waals surface area contributed by atoms with E-state index in [0.29, 0.717) is 17.3 Å². The minimum Gasteiger partial charge on any atom is -0.359 e. The predicted molar refractivity (Wildman–Crippen MR) is 99.7 cm³/mol. The van der Waals surface area contributed by atoms with Crippen LogP contribution in [0.2, 0.25) is 0 Å². The van der Waals surface area contributed by atoms with Gasteiger partial charge in [0.05, 0.1) is 18.0 Å². The minimum atomic E-state index is -0.208. The first-order valence-corrected chi connectivity index (χ1v) is 8.92. The molecule has 0 saturated heterocycles. The van der Waals surface area contributed by atoms with Crippen LogP contribution in [0.25, 0.3) is 6.08 Å². The Labute approximate surface area is 152 Å². The number of nitrogens with zero attached hydrogens (tertiary/aromatic N) is 3. The normalized spacial score (nSPS) is 18.3. The molecular weight excluding hydrogens is 328 g/mol. The first kappa shape index (κ1) is 16.7. The van der Waals surface area contributed by atoms with Crippen molar-refractivity contribution in [1.29, 1.82) is 0 Å². The molecule has 2 aliphatic rings.